The van der Waals surface area contributed by atoms with Gasteiger partial charge in [-0.15, -0.1) is 0 Å². The second kappa shape index (κ2) is 5.27. The molecule has 5 heteroatoms. The van der Waals surface area contributed by atoms with Crippen LogP contribution in [-0.4, -0.2) is 38.1 Å². The van der Waals surface area contributed by atoms with Gasteiger partial charge in [0.15, 0.2) is 0 Å². The van der Waals surface area contributed by atoms with Crippen molar-refractivity contribution >= 4 is 34.2 Å². The zero-order valence-electron chi connectivity index (χ0n) is 9.27. The molecule has 0 bridgehead atoms. The van der Waals surface area contributed by atoms with Crippen molar-refractivity contribution < 1.29 is 9.90 Å². The van der Waals surface area contributed by atoms with E-state index in [4.69, 9.17) is 12.2 Å². The van der Waals surface area contributed by atoms with Gasteiger partial charge in [0.2, 0.25) is 5.91 Å². The van der Waals surface area contributed by atoms with E-state index in [1.165, 1.54) is 0 Å². The molecule has 3 nitrogen and oxygen atoms in total. The van der Waals surface area contributed by atoms with Gasteiger partial charge in [0.25, 0.3) is 0 Å². The predicted octanol–water partition coefficient (Wildman–Crippen LogP) is 1.64. The molecule has 1 rings (SSSR count). The smallest absolute Gasteiger partial charge is 0.230 e. The maximum absolute atomic E-state index is 11.8. The van der Waals surface area contributed by atoms with Crippen molar-refractivity contribution in [2.24, 2.45) is 5.92 Å². The van der Waals surface area contributed by atoms with Gasteiger partial charge in [-0.2, -0.15) is 0 Å². The summed E-state index contributed by atoms with van der Waals surface area (Å²) in [5.41, 5.74) is 0. The summed E-state index contributed by atoms with van der Waals surface area (Å²) in [6.45, 7) is 5.79. The maximum Gasteiger partial charge on any atom is 0.230 e. The first-order valence-electron chi connectivity index (χ1n) is 5.10. The van der Waals surface area contributed by atoms with E-state index < -0.39 is 6.10 Å². The standard InChI is InChI=1S/C10H17NO2S2/c1-6(2)8-5-15-10(14)11(8)9(13)4-7(3)12/h6-8,12H,4-5H2,1-3H3/t7-,8+/m1/s1. The van der Waals surface area contributed by atoms with Gasteiger partial charge in [-0.05, 0) is 12.8 Å². The number of thiocarbonyl (C=S) groups is 1. The topological polar surface area (TPSA) is 40.5 Å². The lowest BCUT2D eigenvalue weighted by molar-refractivity contribution is -0.130. The summed E-state index contributed by atoms with van der Waals surface area (Å²) >= 11 is 6.70. The Hall–Kier alpha value is -0.130. The van der Waals surface area contributed by atoms with Gasteiger partial charge in [-0.3, -0.25) is 9.69 Å². The van der Waals surface area contributed by atoms with E-state index in [2.05, 4.69) is 13.8 Å². The summed E-state index contributed by atoms with van der Waals surface area (Å²) in [4.78, 5) is 13.5. The van der Waals surface area contributed by atoms with Crippen LogP contribution in [0.25, 0.3) is 0 Å². The molecule has 0 unspecified atom stereocenters. The molecule has 0 aromatic carbocycles. The van der Waals surface area contributed by atoms with Gasteiger partial charge in [0, 0.05) is 11.8 Å². The van der Waals surface area contributed by atoms with Crippen LogP contribution in [0, 0.1) is 5.92 Å². The third kappa shape index (κ3) is 3.16. The van der Waals surface area contributed by atoms with E-state index in [1.54, 1.807) is 23.6 Å². The number of aliphatic hydroxyl groups excluding tert-OH is 1. The van der Waals surface area contributed by atoms with Crippen molar-refractivity contribution in [2.75, 3.05) is 5.75 Å². The van der Waals surface area contributed by atoms with E-state index >= 15 is 0 Å². The minimum atomic E-state index is -0.598. The highest BCUT2D eigenvalue weighted by atomic mass is 32.2. The summed E-state index contributed by atoms with van der Waals surface area (Å²) in [5, 5.41) is 9.20. The Morgan fingerprint density at radius 1 is 1.67 bits per heavy atom. The molecule has 0 saturated carbocycles. The molecule has 86 valence electrons. The lowest BCUT2D eigenvalue weighted by Crippen LogP contribution is -2.42. The molecule has 1 aliphatic heterocycles. The van der Waals surface area contributed by atoms with Crippen LogP contribution in [0.1, 0.15) is 27.2 Å². The van der Waals surface area contributed by atoms with Gasteiger partial charge in [-0.25, -0.2) is 0 Å². The molecule has 1 amide bonds. The van der Waals surface area contributed by atoms with Gasteiger partial charge in [-0.1, -0.05) is 37.8 Å². The number of rotatable bonds is 3. The fourth-order valence-corrected chi connectivity index (χ4v) is 3.23. The minimum Gasteiger partial charge on any atom is -0.393 e. The molecule has 1 fully saturated rings. The zero-order valence-corrected chi connectivity index (χ0v) is 10.9. The molecule has 0 aliphatic carbocycles. The van der Waals surface area contributed by atoms with Crippen molar-refractivity contribution in [3.63, 3.8) is 0 Å². The number of nitrogens with zero attached hydrogens (tertiary/aromatic N) is 1. The third-order valence-electron chi connectivity index (χ3n) is 2.41. The average Bonchev–Trinajstić information content (AvgIpc) is 2.45. The van der Waals surface area contributed by atoms with Crippen LogP contribution in [0.5, 0.6) is 0 Å². The fraction of sp³-hybridized carbons (Fsp3) is 0.800. The molecular weight excluding hydrogens is 230 g/mol. The Bertz CT molecular complexity index is 266. The van der Waals surface area contributed by atoms with Gasteiger partial charge < -0.3 is 5.11 Å². The molecule has 1 saturated heterocycles. The van der Waals surface area contributed by atoms with Crippen LogP contribution in [0.3, 0.4) is 0 Å². The highest BCUT2D eigenvalue weighted by molar-refractivity contribution is 8.23. The highest BCUT2D eigenvalue weighted by Crippen LogP contribution is 2.29. The zero-order chi connectivity index (χ0) is 11.6. The Morgan fingerprint density at radius 3 is 2.73 bits per heavy atom. The lowest BCUT2D eigenvalue weighted by atomic mass is 10.0. The van der Waals surface area contributed by atoms with Crippen molar-refractivity contribution in [1.82, 2.24) is 4.90 Å². The molecule has 1 aliphatic rings. The molecular formula is C10H17NO2S2. The van der Waals surface area contributed by atoms with E-state index in [9.17, 15) is 9.90 Å². The molecule has 2 atom stereocenters. The van der Waals surface area contributed by atoms with Crippen LogP contribution in [0.4, 0.5) is 0 Å². The number of thioether (sulfide) groups is 1. The van der Waals surface area contributed by atoms with E-state index in [0.29, 0.717) is 10.2 Å². The van der Waals surface area contributed by atoms with Crippen LogP contribution in [-0.2, 0) is 4.79 Å². The van der Waals surface area contributed by atoms with Crippen molar-refractivity contribution in [3.05, 3.63) is 0 Å². The number of hydrogen-bond donors (Lipinski definition) is 1. The second-order valence-electron chi connectivity index (χ2n) is 4.21. The molecule has 0 aromatic heterocycles. The summed E-state index contributed by atoms with van der Waals surface area (Å²) < 4.78 is 0.652. The molecule has 0 spiro atoms. The highest BCUT2D eigenvalue weighted by Gasteiger charge is 2.35. The Labute approximate surface area is 100 Å². The van der Waals surface area contributed by atoms with Crippen LogP contribution in [0.2, 0.25) is 0 Å². The number of amides is 1. The number of aliphatic hydroxyl groups is 1. The molecule has 15 heavy (non-hydrogen) atoms. The average molecular weight is 247 g/mol. The first-order chi connectivity index (χ1) is 6.93. The monoisotopic (exact) mass is 247 g/mol. The first-order valence-corrected chi connectivity index (χ1v) is 6.49. The van der Waals surface area contributed by atoms with E-state index in [-0.39, 0.29) is 18.4 Å². The second-order valence-corrected chi connectivity index (χ2v) is 5.86. The van der Waals surface area contributed by atoms with Crippen LogP contribution in [0.15, 0.2) is 0 Å². The summed E-state index contributed by atoms with van der Waals surface area (Å²) in [6.07, 6.45) is -0.442. The van der Waals surface area contributed by atoms with Crippen LogP contribution >= 0.6 is 24.0 Å². The normalized spacial score (nSPS) is 23.7. The summed E-state index contributed by atoms with van der Waals surface area (Å²) in [7, 11) is 0. The fourth-order valence-electron chi connectivity index (χ4n) is 1.56. The van der Waals surface area contributed by atoms with Gasteiger partial charge in [0.1, 0.15) is 4.32 Å². The third-order valence-corrected chi connectivity index (χ3v) is 3.92. The summed E-state index contributed by atoms with van der Waals surface area (Å²) in [6, 6.07) is 0.189. The molecule has 0 radical (unpaired) electrons. The van der Waals surface area contributed by atoms with Crippen LogP contribution < -0.4 is 0 Å². The molecule has 1 heterocycles. The minimum absolute atomic E-state index is 0.0568. The van der Waals surface area contributed by atoms with E-state index in [0.717, 1.165) is 5.75 Å². The number of carbonyl (C=O) groups is 1. The Morgan fingerprint density at radius 2 is 2.27 bits per heavy atom. The van der Waals surface area contributed by atoms with Crippen molar-refractivity contribution in [3.8, 4) is 0 Å². The largest absolute Gasteiger partial charge is 0.393 e. The molecule has 1 N–H and O–H groups in total. The Balaban J connectivity index is 2.71. The van der Waals surface area contributed by atoms with Gasteiger partial charge >= 0.3 is 0 Å². The SMILES string of the molecule is CC(C)[C@@H]1CSC(=S)N1C(=O)C[C@@H](C)O. The number of hydrogen-bond acceptors (Lipinski definition) is 4. The predicted molar refractivity (Wildman–Crippen MR) is 66.8 cm³/mol. The maximum atomic E-state index is 11.8. The van der Waals surface area contributed by atoms with Crippen molar-refractivity contribution in [2.45, 2.75) is 39.3 Å². The quantitative estimate of drug-likeness (QED) is 0.770. The Kier molecular flexibility index (Phi) is 4.55. The summed E-state index contributed by atoms with van der Waals surface area (Å²) in [5.74, 6) is 1.22. The molecule has 0 aromatic rings. The number of carbonyl (C=O) groups excluding carboxylic acids is 1. The van der Waals surface area contributed by atoms with Crippen molar-refractivity contribution in [1.29, 1.82) is 0 Å². The first kappa shape index (κ1) is 12.9. The lowest BCUT2D eigenvalue weighted by Gasteiger charge is -2.26. The van der Waals surface area contributed by atoms with Gasteiger partial charge in [0.05, 0.1) is 12.5 Å². The van der Waals surface area contributed by atoms with E-state index in [1.807, 2.05) is 0 Å².